The minimum absolute atomic E-state index is 0.216. The van der Waals surface area contributed by atoms with Crippen LogP contribution in [-0.2, 0) is 4.43 Å². The van der Waals surface area contributed by atoms with Gasteiger partial charge in [-0.1, -0.05) is 54.9 Å². The van der Waals surface area contributed by atoms with Crippen molar-refractivity contribution in [3.63, 3.8) is 0 Å². The van der Waals surface area contributed by atoms with Crippen LogP contribution in [-0.4, -0.2) is 25.7 Å². The van der Waals surface area contributed by atoms with Gasteiger partial charge in [0.15, 0.2) is 8.32 Å². The molecule has 0 fully saturated rings. The molecule has 2 rings (SSSR count). The van der Waals surface area contributed by atoms with Crippen molar-refractivity contribution in [2.75, 3.05) is 0 Å². The fraction of sp³-hybridized carbons (Fsp3) is 0.632. The minimum Gasteiger partial charge on any atom is -0.410 e. The molecule has 4 heteroatoms. The number of halogens is 1. The molecule has 128 valence electrons. The van der Waals surface area contributed by atoms with E-state index in [0.717, 1.165) is 17.3 Å². The molecule has 0 amide bonds. The van der Waals surface area contributed by atoms with Gasteiger partial charge in [-0.2, -0.15) is 0 Å². The first-order valence-corrected chi connectivity index (χ1v) is 12.2. The molecule has 0 radical (unpaired) electrons. The van der Waals surface area contributed by atoms with Crippen LogP contribution in [0.2, 0.25) is 18.1 Å². The molecule has 23 heavy (non-hydrogen) atoms. The lowest BCUT2D eigenvalue weighted by Gasteiger charge is -2.44. The van der Waals surface area contributed by atoms with Gasteiger partial charge in [-0.05, 0) is 50.9 Å². The maximum Gasteiger partial charge on any atom is 0.192 e. The third-order valence-corrected chi connectivity index (χ3v) is 10.6. The number of benzene rings is 1. The van der Waals surface area contributed by atoms with Crippen molar-refractivity contribution in [2.45, 2.75) is 77.2 Å². The summed E-state index contributed by atoms with van der Waals surface area (Å²) in [6.45, 7) is 15.9. The van der Waals surface area contributed by atoms with Gasteiger partial charge in [0.2, 0.25) is 0 Å². The summed E-state index contributed by atoms with van der Waals surface area (Å²) in [5.74, 6) is 0. The monoisotopic (exact) mass is 395 g/mol. The number of hydrogen-bond donors (Lipinski definition) is 0. The van der Waals surface area contributed by atoms with Crippen molar-refractivity contribution in [2.24, 2.45) is 4.99 Å². The minimum atomic E-state index is -1.80. The van der Waals surface area contributed by atoms with Crippen LogP contribution >= 0.6 is 15.9 Å². The molecule has 1 atom stereocenters. The standard InChI is InChI=1S/C19H30BrNOSi/c1-18(2,3)23(6,7)22-19(4,5)17-13-12-16(21-17)14-10-8-9-11-15(14)20/h8-11,17H,12-13H2,1-7H3/t17-/m1/s1. The number of hydrogen-bond acceptors (Lipinski definition) is 2. The Labute approximate surface area is 151 Å². The Kier molecular flexibility index (Phi) is 5.30. The highest BCUT2D eigenvalue weighted by Crippen LogP contribution is 2.41. The molecule has 0 aliphatic carbocycles. The van der Waals surface area contributed by atoms with Crippen molar-refractivity contribution in [1.82, 2.24) is 0 Å². The normalized spacial score (nSPS) is 19.8. The molecule has 2 nitrogen and oxygen atoms in total. The molecule has 0 saturated heterocycles. The fourth-order valence-corrected chi connectivity index (χ4v) is 5.14. The van der Waals surface area contributed by atoms with Gasteiger partial charge in [-0.15, -0.1) is 0 Å². The van der Waals surface area contributed by atoms with Crippen LogP contribution in [0.1, 0.15) is 53.0 Å². The average Bonchev–Trinajstić information content (AvgIpc) is 2.87. The molecule has 1 aliphatic heterocycles. The summed E-state index contributed by atoms with van der Waals surface area (Å²) in [5, 5.41) is 0.220. The van der Waals surface area contributed by atoms with E-state index < -0.39 is 8.32 Å². The molecule has 0 spiro atoms. The quantitative estimate of drug-likeness (QED) is 0.555. The van der Waals surface area contributed by atoms with Crippen LogP contribution in [0.5, 0.6) is 0 Å². The zero-order valence-electron chi connectivity index (χ0n) is 15.5. The first kappa shape index (κ1) is 18.9. The van der Waals surface area contributed by atoms with E-state index in [1.54, 1.807) is 0 Å². The summed E-state index contributed by atoms with van der Waals surface area (Å²) in [4.78, 5) is 5.04. The second-order valence-electron chi connectivity index (χ2n) is 8.58. The van der Waals surface area contributed by atoms with Crippen LogP contribution in [0, 0.1) is 0 Å². The number of rotatable bonds is 4. The highest BCUT2D eigenvalue weighted by Gasteiger charge is 2.44. The Morgan fingerprint density at radius 3 is 2.30 bits per heavy atom. The highest BCUT2D eigenvalue weighted by molar-refractivity contribution is 9.10. The van der Waals surface area contributed by atoms with Crippen LogP contribution in [0.3, 0.4) is 0 Å². The predicted octanol–water partition coefficient (Wildman–Crippen LogP) is 6.20. The number of aliphatic imine (C=N–C) groups is 1. The molecule has 0 unspecified atom stereocenters. The van der Waals surface area contributed by atoms with Crippen LogP contribution in [0.15, 0.2) is 33.7 Å². The topological polar surface area (TPSA) is 21.6 Å². The molecule has 1 aliphatic rings. The lowest BCUT2D eigenvalue weighted by atomic mass is 9.97. The zero-order chi connectivity index (χ0) is 17.5. The Morgan fingerprint density at radius 1 is 1.13 bits per heavy atom. The molecule has 0 saturated carbocycles. The van der Waals surface area contributed by atoms with Gasteiger partial charge >= 0.3 is 0 Å². The van der Waals surface area contributed by atoms with Gasteiger partial charge in [0.05, 0.1) is 11.6 Å². The largest absolute Gasteiger partial charge is 0.410 e. The fourth-order valence-electron chi connectivity index (χ4n) is 2.87. The zero-order valence-corrected chi connectivity index (χ0v) is 18.1. The maximum atomic E-state index is 6.71. The highest BCUT2D eigenvalue weighted by atomic mass is 79.9. The molecule has 1 aromatic carbocycles. The molecular formula is C19H30BrNOSi. The first-order chi connectivity index (χ1) is 10.4. The summed E-state index contributed by atoms with van der Waals surface area (Å²) >= 11 is 3.65. The van der Waals surface area contributed by atoms with Crippen molar-refractivity contribution < 1.29 is 4.43 Å². The third kappa shape index (κ3) is 4.15. The Morgan fingerprint density at radius 2 is 1.74 bits per heavy atom. The maximum absolute atomic E-state index is 6.71. The van der Waals surface area contributed by atoms with E-state index in [0.29, 0.717) is 0 Å². The lowest BCUT2D eigenvalue weighted by molar-refractivity contribution is 0.0651. The van der Waals surface area contributed by atoms with Gasteiger partial charge < -0.3 is 4.43 Å². The van der Waals surface area contributed by atoms with Crippen LogP contribution < -0.4 is 0 Å². The summed E-state index contributed by atoms with van der Waals surface area (Å²) in [6.07, 6.45) is 2.09. The summed E-state index contributed by atoms with van der Waals surface area (Å²) in [7, 11) is -1.80. The molecule has 1 aromatic rings. The molecule has 0 N–H and O–H groups in total. The molecule has 0 aromatic heterocycles. The summed E-state index contributed by atoms with van der Waals surface area (Å²) in [6, 6.07) is 8.59. The second-order valence-corrected chi connectivity index (χ2v) is 14.2. The summed E-state index contributed by atoms with van der Waals surface area (Å²) < 4.78 is 7.84. The van der Waals surface area contributed by atoms with Crippen molar-refractivity contribution >= 4 is 30.0 Å². The Bertz CT molecular complexity index is 602. The van der Waals surface area contributed by atoms with Crippen LogP contribution in [0.4, 0.5) is 0 Å². The van der Waals surface area contributed by atoms with E-state index in [4.69, 9.17) is 9.42 Å². The Hall–Kier alpha value is -0.453. The van der Waals surface area contributed by atoms with E-state index >= 15 is 0 Å². The van der Waals surface area contributed by atoms with Crippen molar-refractivity contribution in [3.05, 3.63) is 34.3 Å². The van der Waals surface area contributed by atoms with Crippen molar-refractivity contribution in [3.8, 4) is 0 Å². The van der Waals surface area contributed by atoms with Crippen molar-refractivity contribution in [1.29, 1.82) is 0 Å². The SMILES string of the molecule is CC(C)(O[Si](C)(C)C(C)(C)C)[C@H]1CCC(c2ccccc2Br)=N1. The van der Waals surface area contributed by atoms with Gasteiger partial charge in [-0.3, -0.25) is 4.99 Å². The molecule has 0 bridgehead atoms. The van der Waals surface area contributed by atoms with Gasteiger partial charge in [0, 0.05) is 15.7 Å². The average molecular weight is 396 g/mol. The van der Waals surface area contributed by atoms with E-state index in [9.17, 15) is 0 Å². The Balaban J connectivity index is 2.21. The van der Waals surface area contributed by atoms with Gasteiger partial charge in [0.25, 0.3) is 0 Å². The van der Waals surface area contributed by atoms with E-state index in [-0.39, 0.29) is 16.7 Å². The van der Waals surface area contributed by atoms with E-state index in [2.05, 4.69) is 81.8 Å². The first-order valence-electron chi connectivity index (χ1n) is 8.46. The lowest BCUT2D eigenvalue weighted by Crippen LogP contribution is -2.51. The smallest absolute Gasteiger partial charge is 0.192 e. The second kappa shape index (κ2) is 6.45. The molecular weight excluding hydrogens is 366 g/mol. The summed E-state index contributed by atoms with van der Waals surface area (Å²) in [5.41, 5.74) is 2.21. The van der Waals surface area contributed by atoms with E-state index in [1.165, 1.54) is 11.3 Å². The predicted molar refractivity (Wildman–Crippen MR) is 106 cm³/mol. The number of nitrogens with zero attached hydrogens (tertiary/aromatic N) is 1. The van der Waals surface area contributed by atoms with Crippen LogP contribution in [0.25, 0.3) is 0 Å². The van der Waals surface area contributed by atoms with Gasteiger partial charge in [-0.25, -0.2) is 0 Å². The third-order valence-electron chi connectivity index (χ3n) is 5.28. The molecule has 1 heterocycles. The van der Waals surface area contributed by atoms with E-state index in [1.807, 2.05) is 6.07 Å². The van der Waals surface area contributed by atoms with Gasteiger partial charge in [0.1, 0.15) is 0 Å².